The number of sulfonamides is 1. The van der Waals surface area contributed by atoms with Gasteiger partial charge in [0.15, 0.2) is 0 Å². The summed E-state index contributed by atoms with van der Waals surface area (Å²) in [5, 5.41) is 2.62. The van der Waals surface area contributed by atoms with Crippen LogP contribution in [0.5, 0.6) is 5.75 Å². The van der Waals surface area contributed by atoms with E-state index in [1.54, 1.807) is 25.2 Å². The van der Waals surface area contributed by atoms with Crippen molar-refractivity contribution in [2.24, 2.45) is 5.92 Å². The van der Waals surface area contributed by atoms with Crippen LogP contribution in [0.1, 0.15) is 12.1 Å². The largest absolute Gasteiger partial charge is 0.497 e. The van der Waals surface area contributed by atoms with Crippen molar-refractivity contribution in [1.29, 1.82) is 0 Å². The van der Waals surface area contributed by atoms with Crippen molar-refractivity contribution >= 4 is 15.9 Å². The predicted molar refractivity (Wildman–Crippen MR) is 97.2 cm³/mol. The Morgan fingerprint density at radius 3 is 2.81 bits per heavy atom. The number of benzene rings is 1. The molecule has 1 atom stereocenters. The zero-order valence-electron chi connectivity index (χ0n) is 14.9. The van der Waals surface area contributed by atoms with E-state index in [0.717, 1.165) is 5.69 Å². The molecule has 140 valence electrons. The third-order valence-corrected chi connectivity index (χ3v) is 6.42. The minimum absolute atomic E-state index is 0.0932. The molecule has 1 N–H and O–H groups in total. The molecule has 0 saturated heterocycles. The number of methoxy groups -OCH3 is 1. The maximum atomic E-state index is 13.2. The summed E-state index contributed by atoms with van der Waals surface area (Å²) in [6.07, 6.45) is 2.20. The fraction of sp³-hybridized carbons (Fsp3) is 0.389. The zero-order valence-corrected chi connectivity index (χ0v) is 15.7. The minimum Gasteiger partial charge on any atom is -0.497 e. The first-order valence-corrected chi connectivity index (χ1v) is 9.87. The molecule has 7 nitrogen and oxygen atoms in total. The van der Waals surface area contributed by atoms with E-state index in [1.807, 2.05) is 22.9 Å². The van der Waals surface area contributed by atoms with Crippen LogP contribution in [0.15, 0.2) is 47.5 Å². The Morgan fingerprint density at radius 2 is 2.08 bits per heavy atom. The number of hydrogen-bond acceptors (Lipinski definition) is 4. The molecule has 1 aromatic heterocycles. The SMILES string of the molecule is CNC(=O)CC1CN(S(=O)(=O)c2cccc(OC)c2)Cc2cccn2C1. The molecule has 1 aliphatic heterocycles. The van der Waals surface area contributed by atoms with Crippen LogP contribution >= 0.6 is 0 Å². The second kappa shape index (κ2) is 7.51. The number of rotatable bonds is 5. The van der Waals surface area contributed by atoms with Gasteiger partial charge in [-0.3, -0.25) is 4.79 Å². The van der Waals surface area contributed by atoms with E-state index in [2.05, 4.69) is 5.32 Å². The van der Waals surface area contributed by atoms with Crippen molar-refractivity contribution in [3.63, 3.8) is 0 Å². The number of amides is 1. The Labute approximate surface area is 153 Å². The quantitative estimate of drug-likeness (QED) is 0.855. The molecule has 2 aromatic rings. The summed E-state index contributed by atoms with van der Waals surface area (Å²) in [6.45, 7) is 1.17. The number of carbonyl (C=O) groups is 1. The molecule has 1 aromatic carbocycles. The van der Waals surface area contributed by atoms with Gasteiger partial charge in [-0.1, -0.05) is 6.07 Å². The number of nitrogens with zero attached hydrogens (tertiary/aromatic N) is 2. The van der Waals surface area contributed by atoms with Crippen molar-refractivity contribution in [2.75, 3.05) is 20.7 Å². The zero-order chi connectivity index (χ0) is 18.7. The fourth-order valence-electron chi connectivity index (χ4n) is 3.23. The third kappa shape index (κ3) is 3.76. The molecule has 0 bridgehead atoms. The molecule has 3 rings (SSSR count). The van der Waals surface area contributed by atoms with Crippen LogP contribution in [0.25, 0.3) is 0 Å². The van der Waals surface area contributed by atoms with Crippen molar-refractivity contribution < 1.29 is 17.9 Å². The molecule has 0 radical (unpaired) electrons. The molecule has 2 heterocycles. The van der Waals surface area contributed by atoms with Gasteiger partial charge in [0.1, 0.15) is 5.75 Å². The summed E-state index contributed by atoms with van der Waals surface area (Å²) >= 11 is 0. The van der Waals surface area contributed by atoms with Gasteiger partial charge < -0.3 is 14.6 Å². The van der Waals surface area contributed by atoms with Crippen LogP contribution in [-0.2, 0) is 27.9 Å². The maximum absolute atomic E-state index is 13.2. The van der Waals surface area contributed by atoms with E-state index < -0.39 is 10.0 Å². The van der Waals surface area contributed by atoms with Crippen LogP contribution in [0.4, 0.5) is 0 Å². The number of fused-ring (bicyclic) bond motifs is 1. The molecule has 1 unspecified atom stereocenters. The predicted octanol–water partition coefficient (Wildman–Crippen LogP) is 1.45. The minimum atomic E-state index is -3.71. The standard InChI is InChI=1S/C18H23N3O4S/c1-19-18(22)9-14-11-20-8-4-5-15(20)13-21(12-14)26(23,24)17-7-3-6-16(10-17)25-2/h3-8,10,14H,9,11-13H2,1-2H3,(H,19,22). The van der Waals surface area contributed by atoms with E-state index in [1.165, 1.54) is 17.5 Å². The molecule has 8 heteroatoms. The average Bonchev–Trinajstić information content (AvgIpc) is 2.99. The van der Waals surface area contributed by atoms with Crippen molar-refractivity contribution in [2.45, 2.75) is 24.4 Å². The highest BCUT2D eigenvalue weighted by Crippen LogP contribution is 2.27. The first kappa shape index (κ1) is 18.5. The van der Waals surface area contributed by atoms with Crippen molar-refractivity contribution in [3.05, 3.63) is 48.3 Å². The third-order valence-electron chi connectivity index (χ3n) is 4.61. The van der Waals surface area contributed by atoms with Gasteiger partial charge in [0.2, 0.25) is 15.9 Å². The van der Waals surface area contributed by atoms with E-state index >= 15 is 0 Å². The monoisotopic (exact) mass is 377 g/mol. The molecule has 0 spiro atoms. The summed E-state index contributed by atoms with van der Waals surface area (Å²) in [5.41, 5.74) is 0.913. The molecular weight excluding hydrogens is 354 g/mol. The number of carbonyl (C=O) groups excluding carboxylic acids is 1. The second-order valence-corrected chi connectivity index (χ2v) is 8.31. The Morgan fingerprint density at radius 1 is 1.27 bits per heavy atom. The smallest absolute Gasteiger partial charge is 0.243 e. The van der Waals surface area contributed by atoms with E-state index in [-0.39, 0.29) is 36.2 Å². The number of ether oxygens (including phenoxy) is 1. The van der Waals surface area contributed by atoms with Gasteiger partial charge in [-0.15, -0.1) is 0 Å². The molecule has 1 aliphatic rings. The van der Waals surface area contributed by atoms with Crippen LogP contribution in [-0.4, -0.2) is 43.9 Å². The first-order chi connectivity index (χ1) is 12.4. The second-order valence-electron chi connectivity index (χ2n) is 6.37. The Bertz CT molecular complexity index is 891. The van der Waals surface area contributed by atoms with Gasteiger partial charge >= 0.3 is 0 Å². The Hall–Kier alpha value is -2.32. The first-order valence-electron chi connectivity index (χ1n) is 8.43. The normalized spacial score (nSPS) is 18.0. The molecule has 1 amide bonds. The highest BCUT2D eigenvalue weighted by atomic mass is 32.2. The van der Waals surface area contributed by atoms with Gasteiger partial charge in [0.05, 0.1) is 18.6 Å². The van der Waals surface area contributed by atoms with Gasteiger partial charge in [0, 0.05) is 44.5 Å². The number of aromatic nitrogens is 1. The van der Waals surface area contributed by atoms with Gasteiger partial charge in [-0.2, -0.15) is 4.31 Å². The van der Waals surface area contributed by atoms with Crippen LogP contribution < -0.4 is 10.1 Å². The van der Waals surface area contributed by atoms with Crippen molar-refractivity contribution in [3.8, 4) is 5.75 Å². The fourth-order valence-corrected chi connectivity index (χ4v) is 4.75. The summed E-state index contributed by atoms with van der Waals surface area (Å²) in [4.78, 5) is 12.0. The molecular formula is C18H23N3O4S. The van der Waals surface area contributed by atoms with E-state index in [4.69, 9.17) is 4.74 Å². The number of hydrogen-bond donors (Lipinski definition) is 1. The Kier molecular flexibility index (Phi) is 5.33. The molecule has 26 heavy (non-hydrogen) atoms. The summed E-state index contributed by atoms with van der Waals surface area (Å²) < 4.78 is 35.0. The maximum Gasteiger partial charge on any atom is 0.243 e. The van der Waals surface area contributed by atoms with Crippen molar-refractivity contribution in [1.82, 2.24) is 14.2 Å². The highest BCUT2D eigenvalue weighted by molar-refractivity contribution is 7.89. The highest BCUT2D eigenvalue weighted by Gasteiger charge is 2.31. The van der Waals surface area contributed by atoms with Gasteiger partial charge in [0.25, 0.3) is 0 Å². The lowest BCUT2D eigenvalue weighted by Crippen LogP contribution is -2.35. The number of nitrogens with one attached hydrogen (secondary N) is 1. The van der Waals surface area contributed by atoms with Gasteiger partial charge in [-0.25, -0.2) is 8.42 Å². The average molecular weight is 377 g/mol. The topological polar surface area (TPSA) is 80.6 Å². The van der Waals surface area contributed by atoms with Crippen LogP contribution in [0, 0.1) is 5.92 Å². The van der Waals surface area contributed by atoms with Crippen LogP contribution in [0.2, 0.25) is 0 Å². The van der Waals surface area contributed by atoms with E-state index in [9.17, 15) is 13.2 Å². The van der Waals surface area contributed by atoms with Crippen LogP contribution in [0.3, 0.4) is 0 Å². The summed E-state index contributed by atoms with van der Waals surface area (Å²) in [5.74, 6) is 0.291. The Balaban J connectivity index is 1.95. The molecule has 0 fully saturated rings. The lowest BCUT2D eigenvalue weighted by atomic mass is 10.1. The summed E-state index contributed by atoms with van der Waals surface area (Å²) in [6, 6.07) is 10.3. The molecule has 0 saturated carbocycles. The van der Waals surface area contributed by atoms with Gasteiger partial charge in [-0.05, 0) is 30.2 Å². The summed E-state index contributed by atoms with van der Waals surface area (Å²) in [7, 11) is -0.614. The lowest BCUT2D eigenvalue weighted by Gasteiger charge is -2.23. The molecule has 0 aliphatic carbocycles. The lowest BCUT2D eigenvalue weighted by molar-refractivity contribution is -0.121. The van der Waals surface area contributed by atoms with E-state index in [0.29, 0.717) is 12.3 Å².